The van der Waals surface area contributed by atoms with Gasteiger partial charge in [0.15, 0.2) is 5.49 Å². The minimum atomic E-state index is -4.45. The molecule has 2 aromatic carbocycles. The molecule has 0 saturated carbocycles. The molecule has 1 heterocycles. The highest BCUT2D eigenvalue weighted by molar-refractivity contribution is 5.70. The van der Waals surface area contributed by atoms with Crippen LogP contribution in [0.5, 0.6) is 11.5 Å². The largest absolute Gasteiger partial charge is 0.459 e. The van der Waals surface area contributed by atoms with Crippen LogP contribution in [0.4, 0.5) is 18.9 Å². The van der Waals surface area contributed by atoms with Gasteiger partial charge in [-0.25, -0.2) is 9.98 Å². The van der Waals surface area contributed by atoms with Crippen LogP contribution < -0.4 is 10.2 Å². The average molecular weight is 446 g/mol. The van der Waals surface area contributed by atoms with Crippen molar-refractivity contribution in [3.8, 4) is 11.5 Å². The third kappa shape index (κ3) is 7.15. The Hall–Kier alpha value is -3.82. The van der Waals surface area contributed by atoms with E-state index in [1.165, 1.54) is 13.0 Å². The molecule has 10 heteroatoms. The summed E-state index contributed by atoms with van der Waals surface area (Å²) in [5.74, 6) is 1.33. The number of para-hydroxylation sites is 1. The van der Waals surface area contributed by atoms with Crippen LogP contribution >= 0.6 is 0 Å². The van der Waals surface area contributed by atoms with Crippen LogP contribution in [0, 0.1) is 5.41 Å². The van der Waals surface area contributed by atoms with Gasteiger partial charge >= 0.3 is 6.18 Å². The lowest BCUT2D eigenvalue weighted by Crippen LogP contribution is -2.39. The Labute approximate surface area is 184 Å². The maximum Gasteiger partial charge on any atom is 0.406 e. The van der Waals surface area contributed by atoms with Crippen molar-refractivity contribution in [1.82, 2.24) is 14.9 Å². The minimum absolute atomic E-state index is 0.0351. The molecule has 2 N–H and O–H groups in total. The van der Waals surface area contributed by atoms with E-state index in [9.17, 15) is 13.2 Å². The summed E-state index contributed by atoms with van der Waals surface area (Å²) in [5, 5.41) is 7.75. The molecule has 0 bridgehead atoms. The number of H-pyrrole nitrogens is 1. The van der Waals surface area contributed by atoms with Gasteiger partial charge in [-0.15, -0.1) is 0 Å². The SMILES string of the molecule is [2H]c1nc(=Nc2ccc(Oc3ccccc3)cc2)cc(COC(=N)N(CC)CC(F)(F)F)[nH]1. The summed E-state index contributed by atoms with van der Waals surface area (Å²) in [6.07, 6.45) is -4.65. The normalized spacial score (nSPS) is 12.2. The molecule has 168 valence electrons. The summed E-state index contributed by atoms with van der Waals surface area (Å²) >= 11 is 0. The number of nitrogens with one attached hydrogen (secondary N) is 2. The Morgan fingerprint density at radius 2 is 1.84 bits per heavy atom. The molecule has 0 unspecified atom stereocenters. The highest BCUT2D eigenvalue weighted by Crippen LogP contribution is 2.23. The van der Waals surface area contributed by atoms with Crippen molar-refractivity contribution < 1.29 is 24.0 Å². The maximum atomic E-state index is 12.6. The van der Waals surface area contributed by atoms with Gasteiger partial charge in [-0.05, 0) is 43.3 Å². The van der Waals surface area contributed by atoms with Gasteiger partial charge in [0.2, 0.25) is 0 Å². The number of halogens is 3. The molecule has 0 aliphatic carbocycles. The lowest BCUT2D eigenvalue weighted by Gasteiger charge is -2.24. The van der Waals surface area contributed by atoms with E-state index >= 15 is 0 Å². The number of aromatic amines is 1. The fraction of sp³-hybridized carbons (Fsp3) is 0.227. The first-order valence-corrected chi connectivity index (χ1v) is 9.69. The van der Waals surface area contributed by atoms with Crippen LogP contribution in [0.15, 0.2) is 72.0 Å². The van der Waals surface area contributed by atoms with Gasteiger partial charge in [0.25, 0.3) is 6.02 Å². The Morgan fingerprint density at radius 3 is 2.50 bits per heavy atom. The van der Waals surface area contributed by atoms with Gasteiger partial charge in [-0.3, -0.25) is 5.41 Å². The monoisotopic (exact) mass is 446 g/mol. The van der Waals surface area contributed by atoms with Crippen molar-refractivity contribution in [2.75, 3.05) is 13.1 Å². The van der Waals surface area contributed by atoms with E-state index in [4.69, 9.17) is 16.3 Å². The van der Waals surface area contributed by atoms with E-state index in [-0.39, 0.29) is 24.9 Å². The molecule has 0 spiro atoms. The van der Waals surface area contributed by atoms with E-state index in [2.05, 4.69) is 15.0 Å². The van der Waals surface area contributed by atoms with Gasteiger partial charge < -0.3 is 19.4 Å². The van der Waals surface area contributed by atoms with Crippen LogP contribution in [0.1, 0.15) is 14.0 Å². The number of rotatable bonds is 7. The molecule has 32 heavy (non-hydrogen) atoms. The molecular formula is C22H22F3N5O2. The van der Waals surface area contributed by atoms with Crippen molar-refractivity contribution in [2.24, 2.45) is 4.99 Å². The van der Waals surface area contributed by atoms with Crippen LogP contribution in [0.2, 0.25) is 0 Å². The molecule has 0 radical (unpaired) electrons. The molecular weight excluding hydrogens is 423 g/mol. The van der Waals surface area contributed by atoms with Crippen molar-refractivity contribution >= 4 is 11.7 Å². The molecule has 0 fully saturated rings. The molecule has 3 aromatic rings. The zero-order valence-electron chi connectivity index (χ0n) is 18.2. The van der Waals surface area contributed by atoms with Crippen molar-refractivity contribution in [3.05, 3.63) is 78.1 Å². The first-order chi connectivity index (χ1) is 15.7. The smallest absolute Gasteiger partial charge is 0.406 e. The van der Waals surface area contributed by atoms with E-state index in [1.807, 2.05) is 30.3 Å². The van der Waals surface area contributed by atoms with Crippen molar-refractivity contribution in [3.63, 3.8) is 0 Å². The van der Waals surface area contributed by atoms with Crippen LogP contribution in [0.25, 0.3) is 0 Å². The summed E-state index contributed by atoms with van der Waals surface area (Å²) in [6.45, 7) is -0.0610. The summed E-state index contributed by atoms with van der Waals surface area (Å²) < 4.78 is 56.5. The molecule has 0 aliphatic heterocycles. The molecule has 3 rings (SSSR count). The van der Waals surface area contributed by atoms with E-state index in [0.717, 1.165) is 4.90 Å². The van der Waals surface area contributed by atoms with Crippen molar-refractivity contribution in [2.45, 2.75) is 19.7 Å². The number of hydrogen-bond donors (Lipinski definition) is 2. The summed E-state index contributed by atoms with van der Waals surface area (Å²) in [6, 6.07) is 17.1. The third-order valence-corrected chi connectivity index (χ3v) is 4.15. The fourth-order valence-corrected chi connectivity index (χ4v) is 2.64. The molecule has 0 aliphatic rings. The highest BCUT2D eigenvalue weighted by Gasteiger charge is 2.31. The van der Waals surface area contributed by atoms with Crippen LogP contribution in [-0.2, 0) is 11.3 Å². The summed E-state index contributed by atoms with van der Waals surface area (Å²) in [5.41, 5.74) is 1.12. The third-order valence-electron chi connectivity index (χ3n) is 4.15. The lowest BCUT2D eigenvalue weighted by atomic mass is 10.3. The molecule has 0 saturated heterocycles. The topological polar surface area (TPSA) is 86.6 Å². The number of aromatic nitrogens is 2. The lowest BCUT2D eigenvalue weighted by molar-refractivity contribution is -0.139. The number of amidine groups is 1. The van der Waals surface area contributed by atoms with Crippen LogP contribution in [-0.4, -0.2) is 40.2 Å². The second kappa shape index (κ2) is 10.5. The Kier molecular flexibility index (Phi) is 7.01. The van der Waals surface area contributed by atoms with Gasteiger partial charge in [0.1, 0.15) is 26.0 Å². The van der Waals surface area contributed by atoms with E-state index < -0.39 is 18.7 Å². The van der Waals surface area contributed by atoms with E-state index in [1.54, 1.807) is 24.3 Å². The van der Waals surface area contributed by atoms with Gasteiger partial charge in [-0.1, -0.05) is 18.2 Å². The second-order valence-corrected chi connectivity index (χ2v) is 6.62. The number of alkyl halides is 3. The Morgan fingerprint density at radius 1 is 1.16 bits per heavy atom. The number of benzene rings is 2. The summed E-state index contributed by atoms with van der Waals surface area (Å²) in [7, 11) is 0. The number of nitrogens with zero attached hydrogens (tertiary/aromatic N) is 3. The standard InChI is InChI=1S/C22H22F3N5O2/c1-2-30(14-22(23,24)25)21(26)31-13-17-12-20(28-15-27-17)29-16-8-10-19(11-9-16)32-18-6-4-3-5-7-18/h3-12,15,26H,2,13-14H2,1H3,(H,27,28,29)/i15D. The molecule has 0 atom stereocenters. The van der Waals surface area contributed by atoms with Crippen LogP contribution in [0.3, 0.4) is 0 Å². The van der Waals surface area contributed by atoms with Gasteiger partial charge in [-0.2, -0.15) is 13.2 Å². The predicted molar refractivity (Wildman–Crippen MR) is 113 cm³/mol. The second-order valence-electron chi connectivity index (χ2n) is 6.62. The first kappa shape index (κ1) is 21.4. The zero-order valence-corrected chi connectivity index (χ0v) is 17.2. The molecule has 7 nitrogen and oxygen atoms in total. The number of ether oxygens (including phenoxy) is 2. The summed E-state index contributed by atoms with van der Waals surface area (Å²) in [4.78, 5) is 11.8. The van der Waals surface area contributed by atoms with Gasteiger partial charge in [0, 0.05) is 12.6 Å². The molecule has 0 amide bonds. The first-order valence-electron chi connectivity index (χ1n) is 10.2. The fourth-order valence-electron chi connectivity index (χ4n) is 2.64. The van der Waals surface area contributed by atoms with Gasteiger partial charge in [0.05, 0.1) is 17.7 Å². The maximum absolute atomic E-state index is 12.6. The Bertz CT molecular complexity index is 1140. The molecule has 1 aromatic heterocycles. The van der Waals surface area contributed by atoms with E-state index in [0.29, 0.717) is 22.9 Å². The quantitative estimate of drug-likeness (QED) is 0.404. The minimum Gasteiger partial charge on any atom is -0.459 e. The zero-order chi connectivity index (χ0) is 23.8. The Balaban J connectivity index is 1.68. The van der Waals surface area contributed by atoms with Crippen molar-refractivity contribution in [1.29, 1.82) is 5.41 Å². The average Bonchev–Trinajstić information content (AvgIpc) is 2.77. The number of hydrogen-bond acceptors (Lipinski definition) is 5. The predicted octanol–water partition coefficient (Wildman–Crippen LogP) is 4.77. The highest BCUT2D eigenvalue weighted by atomic mass is 19.4.